The molecule has 31 heavy (non-hydrogen) atoms. The Hall–Kier alpha value is -2.23. The number of nitrogens with zero attached hydrogens (tertiary/aromatic N) is 6. The van der Waals surface area contributed by atoms with Crippen LogP contribution < -0.4 is 9.80 Å². The Bertz CT molecular complexity index is 1030. The highest BCUT2D eigenvalue weighted by atomic mass is 32.2. The second-order valence-corrected chi connectivity index (χ2v) is 10.6. The van der Waals surface area contributed by atoms with E-state index in [0.717, 1.165) is 62.3 Å². The van der Waals surface area contributed by atoms with E-state index in [1.54, 1.807) is 28.6 Å². The Balaban J connectivity index is 1.51. The number of fused-ring (bicyclic) bond motifs is 1. The molecule has 2 aromatic rings. The predicted octanol–water partition coefficient (Wildman–Crippen LogP) is 1.58. The Labute approximate surface area is 184 Å². The number of anilines is 2. The van der Waals surface area contributed by atoms with E-state index >= 15 is 0 Å². The molecule has 0 unspecified atom stereocenters. The molecular formula is C22H30N6O2S. The molecule has 3 aliphatic rings. The molecule has 8 nitrogen and oxygen atoms in total. The van der Waals surface area contributed by atoms with E-state index in [0.29, 0.717) is 24.4 Å². The first kappa shape index (κ1) is 20.7. The number of benzene rings is 1. The van der Waals surface area contributed by atoms with Gasteiger partial charge in [0.1, 0.15) is 5.82 Å². The van der Waals surface area contributed by atoms with Crippen molar-refractivity contribution in [2.45, 2.75) is 30.7 Å². The summed E-state index contributed by atoms with van der Waals surface area (Å²) in [6.07, 6.45) is 2.96. The number of hydrogen-bond acceptors (Lipinski definition) is 7. The Morgan fingerprint density at radius 3 is 2.26 bits per heavy atom. The van der Waals surface area contributed by atoms with E-state index in [1.165, 1.54) is 12.8 Å². The summed E-state index contributed by atoms with van der Waals surface area (Å²) in [5, 5.41) is 0. The van der Waals surface area contributed by atoms with Crippen LogP contribution in [0.25, 0.3) is 0 Å². The first-order valence-corrected chi connectivity index (χ1v) is 12.6. The minimum Gasteiger partial charge on any atom is -0.354 e. The van der Waals surface area contributed by atoms with Gasteiger partial charge in [0.2, 0.25) is 16.0 Å². The lowest BCUT2D eigenvalue weighted by atomic mass is 10.1. The van der Waals surface area contributed by atoms with Crippen molar-refractivity contribution in [3.8, 4) is 0 Å². The molecule has 1 aromatic heterocycles. The third-order valence-corrected chi connectivity index (χ3v) is 8.42. The van der Waals surface area contributed by atoms with Crippen molar-refractivity contribution in [3.63, 3.8) is 0 Å². The third-order valence-electron chi connectivity index (χ3n) is 6.56. The summed E-state index contributed by atoms with van der Waals surface area (Å²) in [6, 6.07) is 8.71. The first-order chi connectivity index (χ1) is 15.0. The number of aromatic nitrogens is 2. The Kier molecular flexibility index (Phi) is 5.58. The number of piperazine rings is 1. The third kappa shape index (κ3) is 4.02. The highest BCUT2D eigenvalue weighted by Gasteiger charge is 2.33. The largest absolute Gasteiger partial charge is 0.354 e. The molecule has 9 heteroatoms. The molecule has 2 fully saturated rings. The summed E-state index contributed by atoms with van der Waals surface area (Å²) in [6.45, 7) is 6.51. The molecular weight excluding hydrogens is 412 g/mol. The summed E-state index contributed by atoms with van der Waals surface area (Å²) in [7, 11) is -1.41. The maximum absolute atomic E-state index is 13.3. The van der Waals surface area contributed by atoms with E-state index < -0.39 is 10.0 Å². The molecule has 0 amide bonds. The smallest absolute Gasteiger partial charge is 0.243 e. The lowest BCUT2D eigenvalue weighted by Crippen LogP contribution is -2.46. The normalized spacial score (nSPS) is 20.8. The molecule has 0 atom stereocenters. The SMILES string of the molecule is CN1CCN(c2nc(N3CCCC3)nc3c2CN(S(=O)(=O)c2ccccc2)CC3)CC1. The van der Waals surface area contributed by atoms with Crippen molar-refractivity contribution in [1.82, 2.24) is 19.2 Å². The van der Waals surface area contributed by atoms with Crippen molar-refractivity contribution in [2.24, 2.45) is 0 Å². The minimum atomic E-state index is -3.55. The van der Waals surface area contributed by atoms with E-state index in [9.17, 15) is 8.42 Å². The molecule has 0 bridgehead atoms. The van der Waals surface area contributed by atoms with Crippen LogP contribution in [-0.2, 0) is 23.0 Å². The van der Waals surface area contributed by atoms with Gasteiger partial charge in [0, 0.05) is 64.3 Å². The second-order valence-electron chi connectivity index (χ2n) is 8.66. The van der Waals surface area contributed by atoms with Crippen LogP contribution in [0.15, 0.2) is 35.2 Å². The Morgan fingerprint density at radius 1 is 0.839 bits per heavy atom. The minimum absolute atomic E-state index is 0.328. The van der Waals surface area contributed by atoms with Crippen LogP contribution >= 0.6 is 0 Å². The van der Waals surface area contributed by atoms with E-state index in [2.05, 4.69) is 21.7 Å². The predicted molar refractivity (Wildman–Crippen MR) is 121 cm³/mol. The number of sulfonamides is 1. The van der Waals surface area contributed by atoms with Crippen LogP contribution in [0.4, 0.5) is 11.8 Å². The van der Waals surface area contributed by atoms with Gasteiger partial charge in [0.05, 0.1) is 10.6 Å². The van der Waals surface area contributed by atoms with Gasteiger partial charge in [-0.1, -0.05) is 18.2 Å². The van der Waals surface area contributed by atoms with Gasteiger partial charge in [-0.15, -0.1) is 0 Å². The van der Waals surface area contributed by atoms with Crippen molar-refractivity contribution >= 4 is 21.8 Å². The van der Waals surface area contributed by atoms with Crippen LogP contribution in [-0.4, -0.2) is 80.5 Å². The zero-order valence-corrected chi connectivity index (χ0v) is 18.9. The summed E-state index contributed by atoms with van der Waals surface area (Å²) < 4.78 is 28.1. The molecule has 0 N–H and O–H groups in total. The van der Waals surface area contributed by atoms with Crippen molar-refractivity contribution in [3.05, 3.63) is 41.6 Å². The number of likely N-dealkylation sites (N-methyl/N-ethyl adjacent to an activating group) is 1. The lowest BCUT2D eigenvalue weighted by molar-refractivity contribution is 0.310. The summed E-state index contributed by atoms with van der Waals surface area (Å²) in [5.41, 5.74) is 1.98. The Morgan fingerprint density at radius 2 is 1.55 bits per heavy atom. The topological polar surface area (TPSA) is 72.9 Å². The molecule has 0 radical (unpaired) electrons. The van der Waals surface area contributed by atoms with Gasteiger partial charge in [-0.25, -0.2) is 13.4 Å². The van der Waals surface area contributed by atoms with E-state index in [-0.39, 0.29) is 0 Å². The van der Waals surface area contributed by atoms with Crippen LogP contribution in [0.2, 0.25) is 0 Å². The highest BCUT2D eigenvalue weighted by molar-refractivity contribution is 7.89. The van der Waals surface area contributed by atoms with Gasteiger partial charge >= 0.3 is 0 Å². The standard InChI is InChI=1S/C22H30N6O2S/c1-25-13-15-26(16-14-25)21-19-17-28(31(29,30)18-7-3-2-4-8-18)12-9-20(19)23-22(24-21)27-10-5-6-11-27/h2-4,7-8H,5-6,9-17H2,1H3. The molecule has 0 aliphatic carbocycles. The molecule has 0 spiro atoms. The second kappa shape index (κ2) is 8.37. The van der Waals surface area contributed by atoms with Crippen molar-refractivity contribution in [1.29, 1.82) is 0 Å². The van der Waals surface area contributed by atoms with Crippen molar-refractivity contribution < 1.29 is 8.42 Å². The first-order valence-electron chi connectivity index (χ1n) is 11.2. The average Bonchev–Trinajstić information content (AvgIpc) is 3.34. The zero-order chi connectivity index (χ0) is 21.4. The molecule has 166 valence electrons. The fraction of sp³-hybridized carbons (Fsp3) is 0.545. The zero-order valence-electron chi connectivity index (χ0n) is 18.1. The summed E-state index contributed by atoms with van der Waals surface area (Å²) in [5.74, 6) is 1.73. The number of hydrogen-bond donors (Lipinski definition) is 0. The average molecular weight is 443 g/mol. The van der Waals surface area contributed by atoms with Gasteiger partial charge in [-0.05, 0) is 32.0 Å². The maximum atomic E-state index is 13.3. The van der Waals surface area contributed by atoms with Crippen LogP contribution in [0.1, 0.15) is 24.1 Å². The molecule has 4 heterocycles. The molecule has 3 aliphatic heterocycles. The van der Waals surface area contributed by atoms with Gasteiger partial charge in [0.15, 0.2) is 0 Å². The summed E-state index contributed by atoms with van der Waals surface area (Å²) >= 11 is 0. The quantitative estimate of drug-likeness (QED) is 0.712. The molecule has 0 saturated carbocycles. The molecule has 5 rings (SSSR count). The maximum Gasteiger partial charge on any atom is 0.243 e. The highest BCUT2D eigenvalue weighted by Crippen LogP contribution is 2.32. The summed E-state index contributed by atoms with van der Waals surface area (Å²) in [4.78, 5) is 17.2. The molecule has 1 aromatic carbocycles. The van der Waals surface area contributed by atoms with E-state index in [4.69, 9.17) is 9.97 Å². The van der Waals surface area contributed by atoms with Crippen molar-refractivity contribution in [2.75, 3.05) is 62.7 Å². The van der Waals surface area contributed by atoms with Crippen LogP contribution in [0.5, 0.6) is 0 Å². The van der Waals surface area contributed by atoms with Crippen LogP contribution in [0, 0.1) is 0 Å². The van der Waals surface area contributed by atoms with Gasteiger partial charge in [-0.2, -0.15) is 9.29 Å². The van der Waals surface area contributed by atoms with E-state index in [1.807, 2.05) is 6.07 Å². The van der Waals surface area contributed by atoms with Crippen LogP contribution in [0.3, 0.4) is 0 Å². The van der Waals surface area contributed by atoms with Gasteiger partial charge < -0.3 is 14.7 Å². The van der Waals surface area contributed by atoms with Gasteiger partial charge in [-0.3, -0.25) is 0 Å². The number of rotatable bonds is 4. The fourth-order valence-electron chi connectivity index (χ4n) is 4.64. The lowest BCUT2D eigenvalue weighted by Gasteiger charge is -2.37. The van der Waals surface area contributed by atoms with Gasteiger partial charge in [0.25, 0.3) is 0 Å². The monoisotopic (exact) mass is 442 g/mol. The fourth-order valence-corrected chi connectivity index (χ4v) is 6.07. The molecule has 2 saturated heterocycles.